The van der Waals surface area contributed by atoms with Crippen LogP contribution in [0.2, 0.25) is 0 Å². The smallest absolute Gasteiger partial charge is 0.269 e. The van der Waals surface area contributed by atoms with Crippen LogP contribution in [-0.4, -0.2) is 23.2 Å². The average Bonchev–Trinajstić information content (AvgIpc) is 2.00. The second-order valence-corrected chi connectivity index (χ2v) is 2.41. The van der Waals surface area contributed by atoms with Gasteiger partial charge in [-0.05, 0) is 25.4 Å². The number of amides is 2. The zero-order chi connectivity index (χ0) is 9.02. The van der Waals surface area contributed by atoms with Crippen molar-refractivity contribution in [2.75, 3.05) is 7.05 Å². The second-order valence-electron chi connectivity index (χ2n) is 2.09. The Kier molecular flexibility index (Phi) is 3.82. The Morgan fingerprint density at radius 2 is 1.91 bits per heavy atom. The van der Waals surface area contributed by atoms with Gasteiger partial charge in [0.2, 0.25) is 0 Å². The summed E-state index contributed by atoms with van der Waals surface area (Å²) in [5, 5.41) is -0.767. The highest BCUT2D eigenvalue weighted by Gasteiger charge is 2.14. The number of likely N-dealkylation sites (N-methyl/N-ethyl adjacent to an activating group) is 1. The predicted octanol–water partition coefficient (Wildman–Crippen LogP) is 1.77. The molecule has 0 fully saturated rings. The summed E-state index contributed by atoms with van der Waals surface area (Å²) in [5.74, 6) is -0.368. The molecule has 0 N–H and O–H groups in total. The van der Waals surface area contributed by atoms with Crippen molar-refractivity contribution in [1.29, 1.82) is 0 Å². The molecule has 62 valence electrons. The van der Waals surface area contributed by atoms with E-state index in [4.69, 9.17) is 11.6 Å². The van der Waals surface area contributed by atoms with Gasteiger partial charge in [0, 0.05) is 12.6 Å². The molecule has 0 aliphatic heterocycles. The molecule has 0 saturated heterocycles. The molecule has 0 saturated carbocycles. The van der Waals surface area contributed by atoms with Crippen LogP contribution in [-0.2, 0) is 4.79 Å². The van der Waals surface area contributed by atoms with E-state index >= 15 is 0 Å². The largest absolute Gasteiger partial charge is 0.323 e. The van der Waals surface area contributed by atoms with Crippen molar-refractivity contribution in [1.82, 2.24) is 4.90 Å². The topological polar surface area (TPSA) is 37.4 Å². The molecule has 3 nitrogen and oxygen atoms in total. The first-order valence-corrected chi connectivity index (χ1v) is 3.49. The van der Waals surface area contributed by atoms with E-state index in [0.29, 0.717) is 5.57 Å². The van der Waals surface area contributed by atoms with Gasteiger partial charge in [0.1, 0.15) is 0 Å². The van der Waals surface area contributed by atoms with Gasteiger partial charge >= 0.3 is 5.37 Å². The summed E-state index contributed by atoms with van der Waals surface area (Å²) in [4.78, 5) is 22.4. The van der Waals surface area contributed by atoms with Crippen LogP contribution in [0.1, 0.15) is 13.8 Å². The van der Waals surface area contributed by atoms with Crippen molar-refractivity contribution in [2.45, 2.75) is 13.8 Å². The second kappa shape index (κ2) is 4.13. The Balaban J connectivity index is 4.38. The van der Waals surface area contributed by atoms with Crippen molar-refractivity contribution < 1.29 is 9.59 Å². The molecule has 0 aliphatic rings. The zero-order valence-corrected chi connectivity index (χ0v) is 7.47. The number of nitrogens with zero attached hydrogens (tertiary/aromatic N) is 1. The van der Waals surface area contributed by atoms with Crippen molar-refractivity contribution >= 4 is 22.9 Å². The fraction of sp³-hybridized carbons (Fsp3) is 0.429. The molecule has 4 heteroatoms. The van der Waals surface area contributed by atoms with Gasteiger partial charge in [-0.15, -0.1) is 0 Å². The first-order valence-electron chi connectivity index (χ1n) is 3.11. The Morgan fingerprint density at radius 1 is 1.45 bits per heavy atom. The van der Waals surface area contributed by atoms with Gasteiger partial charge in [-0.2, -0.15) is 0 Å². The number of rotatable bonds is 1. The fourth-order valence-corrected chi connectivity index (χ4v) is 0.545. The van der Waals surface area contributed by atoms with Crippen LogP contribution >= 0.6 is 11.6 Å². The number of allylic oxidation sites excluding steroid dienone is 1. The Morgan fingerprint density at radius 3 is 2.18 bits per heavy atom. The van der Waals surface area contributed by atoms with Gasteiger partial charge in [-0.3, -0.25) is 14.5 Å². The maximum absolute atomic E-state index is 11.1. The molecule has 0 spiro atoms. The molecule has 0 atom stereocenters. The number of imide groups is 1. The van der Waals surface area contributed by atoms with Gasteiger partial charge in [0.05, 0.1) is 0 Å². The minimum Gasteiger partial charge on any atom is -0.269 e. The number of hydrogen-bond donors (Lipinski definition) is 0. The molecule has 0 aromatic rings. The van der Waals surface area contributed by atoms with Gasteiger partial charge in [-0.1, -0.05) is 6.08 Å². The summed E-state index contributed by atoms with van der Waals surface area (Å²) in [6.45, 7) is 3.35. The van der Waals surface area contributed by atoms with E-state index in [0.717, 1.165) is 4.90 Å². The molecule has 0 bridgehead atoms. The number of hydrogen-bond acceptors (Lipinski definition) is 2. The third-order valence-corrected chi connectivity index (χ3v) is 1.59. The van der Waals surface area contributed by atoms with Gasteiger partial charge in [0.25, 0.3) is 5.91 Å². The normalized spacial score (nSPS) is 11.1. The van der Waals surface area contributed by atoms with E-state index in [1.807, 2.05) is 0 Å². The summed E-state index contributed by atoms with van der Waals surface area (Å²) in [6, 6.07) is 0. The lowest BCUT2D eigenvalue weighted by Gasteiger charge is -2.10. The molecule has 0 aromatic carbocycles. The Bertz CT molecular complexity index is 210. The molecular formula is C7H10ClNO2. The first-order chi connectivity index (χ1) is 5.00. The summed E-state index contributed by atoms with van der Waals surface area (Å²) >= 11 is 5.06. The Hall–Kier alpha value is -0.830. The fourth-order valence-electron chi connectivity index (χ4n) is 0.468. The molecule has 0 aromatic heterocycles. The molecule has 2 amide bonds. The number of halogens is 1. The molecule has 0 radical (unpaired) electrons. The minimum absolute atomic E-state index is 0.368. The summed E-state index contributed by atoms with van der Waals surface area (Å²) < 4.78 is 0. The van der Waals surface area contributed by atoms with Crippen LogP contribution in [0.5, 0.6) is 0 Å². The highest BCUT2D eigenvalue weighted by atomic mass is 35.5. The van der Waals surface area contributed by atoms with E-state index in [-0.39, 0.29) is 5.91 Å². The standard InChI is InChI=1S/C7H10ClNO2/c1-4-5(2)6(10)9(3)7(8)11/h4H,1-3H3/b5-4+. The van der Waals surface area contributed by atoms with Crippen LogP contribution < -0.4 is 0 Å². The molecule has 0 aliphatic carbocycles. The van der Waals surface area contributed by atoms with Gasteiger partial charge in [-0.25, -0.2) is 0 Å². The average molecular weight is 176 g/mol. The lowest BCUT2D eigenvalue weighted by molar-refractivity contribution is -0.122. The third kappa shape index (κ3) is 2.72. The quantitative estimate of drug-likeness (QED) is 0.346. The van der Waals surface area contributed by atoms with Crippen LogP contribution in [0.4, 0.5) is 4.79 Å². The minimum atomic E-state index is -0.767. The lowest BCUT2D eigenvalue weighted by atomic mass is 10.2. The highest BCUT2D eigenvalue weighted by Crippen LogP contribution is 2.01. The monoisotopic (exact) mass is 175 g/mol. The molecule has 0 unspecified atom stereocenters. The lowest BCUT2D eigenvalue weighted by Crippen LogP contribution is -2.29. The van der Waals surface area contributed by atoms with E-state index in [2.05, 4.69) is 0 Å². The highest BCUT2D eigenvalue weighted by molar-refractivity contribution is 6.64. The number of carbonyl (C=O) groups is 2. The molecule has 11 heavy (non-hydrogen) atoms. The van der Waals surface area contributed by atoms with Crippen molar-refractivity contribution in [3.05, 3.63) is 11.6 Å². The van der Waals surface area contributed by atoms with Crippen LogP contribution in [0.25, 0.3) is 0 Å². The number of carbonyl (C=O) groups excluding carboxylic acids is 2. The molecule has 0 rings (SSSR count). The van der Waals surface area contributed by atoms with Crippen LogP contribution in [0, 0.1) is 0 Å². The van der Waals surface area contributed by atoms with Crippen LogP contribution in [0.3, 0.4) is 0 Å². The summed E-state index contributed by atoms with van der Waals surface area (Å²) in [7, 11) is 1.34. The van der Waals surface area contributed by atoms with Gasteiger partial charge in [0.15, 0.2) is 0 Å². The summed E-state index contributed by atoms with van der Waals surface area (Å²) in [5.41, 5.74) is 0.501. The first kappa shape index (κ1) is 10.2. The maximum Gasteiger partial charge on any atom is 0.323 e. The van der Waals surface area contributed by atoms with E-state index in [9.17, 15) is 9.59 Å². The SMILES string of the molecule is C/C=C(\C)C(=O)N(C)C(=O)Cl. The van der Waals surface area contributed by atoms with Crippen molar-refractivity contribution in [3.63, 3.8) is 0 Å². The molecule has 0 heterocycles. The van der Waals surface area contributed by atoms with Crippen LogP contribution in [0.15, 0.2) is 11.6 Å². The maximum atomic E-state index is 11.1. The predicted molar refractivity (Wildman–Crippen MR) is 43.5 cm³/mol. The van der Waals surface area contributed by atoms with Crippen molar-refractivity contribution in [3.8, 4) is 0 Å². The van der Waals surface area contributed by atoms with Crippen molar-refractivity contribution in [2.24, 2.45) is 0 Å². The zero-order valence-electron chi connectivity index (χ0n) is 6.72. The summed E-state index contributed by atoms with van der Waals surface area (Å²) in [6.07, 6.45) is 1.62. The Labute approximate surface area is 70.6 Å². The molecular weight excluding hydrogens is 166 g/mol. The van der Waals surface area contributed by atoms with E-state index in [1.54, 1.807) is 19.9 Å². The van der Waals surface area contributed by atoms with E-state index in [1.165, 1.54) is 7.05 Å². The van der Waals surface area contributed by atoms with E-state index < -0.39 is 5.37 Å². The third-order valence-electron chi connectivity index (χ3n) is 1.34. The van der Waals surface area contributed by atoms with Gasteiger partial charge < -0.3 is 0 Å².